The molecule has 8 heteroatoms. The quantitative estimate of drug-likeness (QED) is 0.235. The second kappa shape index (κ2) is 10.7. The number of carbonyl (C=O) groups excluding carboxylic acids is 1. The number of fused-ring (bicyclic) bond motifs is 2. The minimum atomic E-state index is -1.01. The lowest BCUT2D eigenvalue weighted by Gasteiger charge is -2.16. The predicted octanol–water partition coefficient (Wildman–Crippen LogP) is 6.63. The number of amides is 1. The van der Waals surface area contributed by atoms with Crippen molar-refractivity contribution in [1.82, 2.24) is 20.3 Å². The molecular weight excluding hydrogens is 519 g/mol. The van der Waals surface area contributed by atoms with Gasteiger partial charge in [0.25, 0.3) is 5.91 Å². The summed E-state index contributed by atoms with van der Waals surface area (Å²) in [5.74, 6) is -1.70. The van der Waals surface area contributed by atoms with Gasteiger partial charge in [-0.2, -0.15) is 0 Å². The van der Waals surface area contributed by atoms with Crippen molar-refractivity contribution in [2.75, 3.05) is 0 Å². The zero-order valence-corrected chi connectivity index (χ0v) is 22.1. The number of carbonyl (C=O) groups is 2. The first-order valence-corrected chi connectivity index (χ1v) is 13.1. The molecule has 0 aliphatic heterocycles. The van der Waals surface area contributed by atoms with E-state index in [2.05, 4.69) is 39.9 Å². The van der Waals surface area contributed by atoms with Crippen molar-refractivity contribution in [3.05, 3.63) is 131 Å². The van der Waals surface area contributed by atoms with Crippen LogP contribution in [0.5, 0.6) is 0 Å². The molecule has 0 spiro atoms. The molecule has 6 aromatic rings. The highest BCUT2D eigenvalue weighted by Crippen LogP contribution is 2.31. The van der Waals surface area contributed by atoms with Gasteiger partial charge >= 0.3 is 5.97 Å². The zero-order chi connectivity index (χ0) is 28.5. The number of hydrogen-bond donors (Lipinski definition) is 2. The van der Waals surface area contributed by atoms with E-state index in [9.17, 15) is 14.0 Å². The molecule has 7 nitrogen and oxygen atoms in total. The summed E-state index contributed by atoms with van der Waals surface area (Å²) in [5.41, 5.74) is 4.88. The summed E-state index contributed by atoms with van der Waals surface area (Å²) in [6.07, 6.45) is 0. The Kier molecular flexibility index (Phi) is 6.73. The maximum Gasteiger partial charge on any atom is 0.335 e. The molecule has 6 rings (SSSR count). The first-order valence-electron chi connectivity index (χ1n) is 13.1. The predicted molar refractivity (Wildman–Crippen MR) is 155 cm³/mol. The zero-order valence-electron chi connectivity index (χ0n) is 22.1. The van der Waals surface area contributed by atoms with Crippen LogP contribution in [0.4, 0.5) is 4.39 Å². The van der Waals surface area contributed by atoms with Gasteiger partial charge < -0.3 is 10.4 Å². The number of rotatable bonds is 7. The number of aromatic nitrogens is 3. The van der Waals surface area contributed by atoms with Gasteiger partial charge in [-0.3, -0.25) is 4.79 Å². The Balaban J connectivity index is 1.40. The molecular formula is C33H25FN4O3. The summed E-state index contributed by atoms with van der Waals surface area (Å²) < 4.78 is 15.4. The summed E-state index contributed by atoms with van der Waals surface area (Å²) in [6.45, 7) is 2.21. The third-order valence-electron chi connectivity index (χ3n) is 7.27. The Bertz CT molecular complexity index is 1910. The lowest BCUT2D eigenvalue weighted by atomic mass is 9.99. The molecule has 41 heavy (non-hydrogen) atoms. The number of carboxylic acid groups (broad SMARTS) is 1. The van der Waals surface area contributed by atoms with Gasteiger partial charge in [0.1, 0.15) is 16.9 Å². The third kappa shape index (κ3) is 5.15. The molecule has 1 aromatic heterocycles. The van der Waals surface area contributed by atoms with E-state index in [0.717, 1.165) is 27.5 Å². The minimum absolute atomic E-state index is 0.173. The van der Waals surface area contributed by atoms with Gasteiger partial charge in [0.15, 0.2) is 0 Å². The van der Waals surface area contributed by atoms with Crippen LogP contribution in [0.2, 0.25) is 0 Å². The van der Waals surface area contributed by atoms with Crippen LogP contribution in [-0.2, 0) is 6.54 Å². The van der Waals surface area contributed by atoms with Crippen LogP contribution in [0.25, 0.3) is 32.9 Å². The molecule has 0 saturated heterocycles. The third-order valence-corrected chi connectivity index (χ3v) is 7.27. The average Bonchev–Trinajstić information content (AvgIpc) is 3.43. The van der Waals surface area contributed by atoms with Crippen molar-refractivity contribution < 1.29 is 19.1 Å². The summed E-state index contributed by atoms with van der Waals surface area (Å²) in [7, 11) is 0. The molecule has 0 unspecified atom stereocenters. The van der Waals surface area contributed by atoms with Gasteiger partial charge in [-0.25, -0.2) is 13.9 Å². The molecule has 0 bridgehead atoms. The van der Waals surface area contributed by atoms with Crippen molar-refractivity contribution in [3.63, 3.8) is 0 Å². The van der Waals surface area contributed by atoms with E-state index in [0.29, 0.717) is 22.2 Å². The Morgan fingerprint density at radius 2 is 1.61 bits per heavy atom. The number of halogens is 1. The fourth-order valence-electron chi connectivity index (χ4n) is 4.98. The number of nitrogens with zero attached hydrogens (tertiary/aromatic N) is 3. The topological polar surface area (TPSA) is 97.1 Å². The van der Waals surface area contributed by atoms with Gasteiger partial charge in [0.05, 0.1) is 17.2 Å². The molecule has 5 aromatic carbocycles. The monoisotopic (exact) mass is 544 g/mol. The van der Waals surface area contributed by atoms with Crippen LogP contribution in [0.15, 0.2) is 103 Å². The smallest absolute Gasteiger partial charge is 0.335 e. The number of carboxylic acids is 1. The maximum atomic E-state index is 13.7. The maximum absolute atomic E-state index is 13.7. The van der Waals surface area contributed by atoms with Gasteiger partial charge in [-0.05, 0) is 82.4 Å². The second-order valence-corrected chi connectivity index (χ2v) is 9.90. The van der Waals surface area contributed by atoms with E-state index in [1.54, 1.807) is 35.0 Å². The molecule has 202 valence electrons. The Morgan fingerprint density at radius 1 is 0.878 bits per heavy atom. The number of nitrogens with one attached hydrogen (secondary N) is 1. The summed E-state index contributed by atoms with van der Waals surface area (Å²) in [4.78, 5) is 24.9. The second-order valence-electron chi connectivity index (χ2n) is 9.90. The van der Waals surface area contributed by atoms with E-state index in [-0.39, 0.29) is 29.9 Å². The first kappa shape index (κ1) is 25.9. The van der Waals surface area contributed by atoms with Crippen molar-refractivity contribution in [2.24, 2.45) is 0 Å². The van der Waals surface area contributed by atoms with Crippen molar-refractivity contribution in [2.45, 2.75) is 19.5 Å². The lowest BCUT2D eigenvalue weighted by molar-refractivity contribution is 0.0696. The fourth-order valence-corrected chi connectivity index (χ4v) is 4.98. The van der Waals surface area contributed by atoms with Gasteiger partial charge in [0.2, 0.25) is 0 Å². The number of aromatic carboxylic acids is 1. The van der Waals surface area contributed by atoms with E-state index in [1.165, 1.54) is 24.3 Å². The van der Waals surface area contributed by atoms with E-state index >= 15 is 0 Å². The molecule has 0 saturated carbocycles. The molecule has 0 aliphatic carbocycles. The van der Waals surface area contributed by atoms with Crippen molar-refractivity contribution >= 4 is 33.7 Å². The Labute approximate surface area is 234 Å². The van der Waals surface area contributed by atoms with Crippen molar-refractivity contribution in [3.8, 4) is 11.1 Å². The number of hydrogen-bond acceptors (Lipinski definition) is 4. The van der Waals surface area contributed by atoms with Crippen LogP contribution in [-0.4, -0.2) is 32.0 Å². The number of benzene rings is 5. The average molecular weight is 545 g/mol. The lowest BCUT2D eigenvalue weighted by Crippen LogP contribution is -2.24. The van der Waals surface area contributed by atoms with Crippen LogP contribution in [0.1, 0.15) is 44.8 Å². The summed E-state index contributed by atoms with van der Waals surface area (Å²) in [5, 5.41) is 23.2. The van der Waals surface area contributed by atoms with Gasteiger partial charge in [-0.1, -0.05) is 65.9 Å². The Hall–Kier alpha value is -5.37. The summed E-state index contributed by atoms with van der Waals surface area (Å²) >= 11 is 0. The van der Waals surface area contributed by atoms with E-state index in [4.69, 9.17) is 5.11 Å². The van der Waals surface area contributed by atoms with Crippen LogP contribution in [0, 0.1) is 5.82 Å². The molecule has 0 fully saturated rings. The van der Waals surface area contributed by atoms with Crippen LogP contribution >= 0.6 is 0 Å². The largest absolute Gasteiger partial charge is 0.478 e. The molecule has 1 heterocycles. The van der Waals surface area contributed by atoms with E-state index in [1.807, 2.05) is 31.2 Å². The van der Waals surface area contributed by atoms with Gasteiger partial charge in [-0.15, -0.1) is 5.10 Å². The molecule has 0 aliphatic rings. The van der Waals surface area contributed by atoms with Crippen LogP contribution < -0.4 is 5.32 Å². The fraction of sp³-hybridized carbons (Fsp3) is 0.0909. The highest BCUT2D eigenvalue weighted by Gasteiger charge is 2.22. The summed E-state index contributed by atoms with van der Waals surface area (Å²) in [6, 6.07) is 30.1. The van der Waals surface area contributed by atoms with Gasteiger partial charge in [0, 0.05) is 6.54 Å². The molecule has 0 radical (unpaired) electrons. The SMILES string of the molecule is C[C@@H](c1ccc2ccccc2c1)n1nnc2cc(-c3ccc(F)cc3)cc(C(=O)NCc3ccc(C(=O)O)cc3)c21. The standard InChI is InChI=1S/C33H25FN4O3/c1-20(25-11-10-22-4-2-3-5-26(22)16-25)38-31-29(32(39)35-19-21-6-8-24(9-7-21)33(40)41)17-27(18-30(31)36-37-38)23-12-14-28(34)15-13-23/h2-18,20H,19H2,1H3,(H,35,39)(H,40,41)/t20-/m0/s1. The van der Waals surface area contributed by atoms with E-state index < -0.39 is 5.97 Å². The highest BCUT2D eigenvalue weighted by atomic mass is 19.1. The molecule has 2 N–H and O–H groups in total. The van der Waals surface area contributed by atoms with Crippen molar-refractivity contribution in [1.29, 1.82) is 0 Å². The Morgan fingerprint density at radius 3 is 2.34 bits per heavy atom. The normalized spacial score (nSPS) is 12.0. The minimum Gasteiger partial charge on any atom is -0.478 e. The molecule has 1 atom stereocenters. The van der Waals surface area contributed by atoms with Crippen LogP contribution in [0.3, 0.4) is 0 Å². The molecule has 1 amide bonds. The first-order chi connectivity index (χ1) is 19.9. The highest BCUT2D eigenvalue weighted by molar-refractivity contribution is 6.06.